The molecule has 3 aromatic carbocycles. The molecule has 2 amide bonds. The number of nitrogens with zero attached hydrogens (tertiary/aromatic N) is 2. The number of fused-ring (bicyclic) bond motifs is 1. The minimum atomic E-state index is -0.122. The number of hydrogen-bond acceptors (Lipinski definition) is 4. The summed E-state index contributed by atoms with van der Waals surface area (Å²) in [5.74, 6) is 0.675. The van der Waals surface area contributed by atoms with Gasteiger partial charge in [0.25, 0.3) is 5.91 Å². The molecule has 1 atom stereocenters. The number of carbonyl (C=O) groups is 2. The number of likely N-dealkylation sites (tertiary alicyclic amines) is 1. The number of aromatic nitrogens is 1. The SMILES string of the molecule is Cc1ccc(-c2nc3cc(C(=O)N4CCC(C(C)C(=O)NCc5cccc(Cl)c5)CC4)ccc3o2)cc1. The second-order valence-corrected chi connectivity index (χ2v) is 10.3. The summed E-state index contributed by atoms with van der Waals surface area (Å²) in [4.78, 5) is 32.5. The molecule has 0 saturated carbocycles. The number of carbonyl (C=O) groups excluding carboxylic acids is 2. The van der Waals surface area contributed by atoms with Gasteiger partial charge in [0.15, 0.2) is 5.58 Å². The largest absolute Gasteiger partial charge is 0.436 e. The lowest BCUT2D eigenvalue weighted by Crippen LogP contribution is -2.42. The third-order valence-electron chi connectivity index (χ3n) is 7.24. The molecule has 1 N–H and O–H groups in total. The Labute approximate surface area is 221 Å². The van der Waals surface area contributed by atoms with E-state index < -0.39 is 0 Å². The predicted octanol–water partition coefficient (Wildman–Crippen LogP) is 6.26. The van der Waals surface area contributed by atoms with Crippen LogP contribution in [0.25, 0.3) is 22.6 Å². The van der Waals surface area contributed by atoms with Gasteiger partial charge in [0.1, 0.15) is 5.52 Å². The highest BCUT2D eigenvalue weighted by Crippen LogP contribution is 2.28. The molecule has 1 fully saturated rings. The Morgan fingerprint density at radius 1 is 1.08 bits per heavy atom. The molecule has 1 saturated heterocycles. The summed E-state index contributed by atoms with van der Waals surface area (Å²) in [6.07, 6.45) is 1.59. The number of halogens is 1. The van der Waals surface area contributed by atoms with Crippen LogP contribution in [-0.4, -0.2) is 34.8 Å². The van der Waals surface area contributed by atoms with Gasteiger partial charge in [-0.1, -0.05) is 48.4 Å². The Kier molecular flexibility index (Phi) is 7.28. The summed E-state index contributed by atoms with van der Waals surface area (Å²) in [5, 5.41) is 3.68. The van der Waals surface area contributed by atoms with Gasteiger partial charge in [-0.05, 0) is 73.7 Å². The zero-order chi connectivity index (χ0) is 25.9. The van der Waals surface area contributed by atoms with E-state index in [2.05, 4.69) is 10.3 Å². The average Bonchev–Trinajstić information content (AvgIpc) is 3.35. The third kappa shape index (κ3) is 5.70. The van der Waals surface area contributed by atoms with E-state index in [4.69, 9.17) is 16.0 Å². The molecule has 7 heteroatoms. The molecule has 1 aliphatic rings. The Morgan fingerprint density at radius 3 is 2.57 bits per heavy atom. The molecular weight excluding hydrogens is 486 g/mol. The van der Waals surface area contributed by atoms with Crippen LogP contribution in [0.4, 0.5) is 0 Å². The van der Waals surface area contributed by atoms with Crippen molar-refractivity contribution in [1.29, 1.82) is 0 Å². The molecule has 1 aliphatic heterocycles. The maximum absolute atomic E-state index is 13.2. The van der Waals surface area contributed by atoms with Crippen molar-refractivity contribution in [2.24, 2.45) is 11.8 Å². The predicted molar refractivity (Wildman–Crippen MR) is 145 cm³/mol. The summed E-state index contributed by atoms with van der Waals surface area (Å²) in [6.45, 7) is 5.72. The van der Waals surface area contributed by atoms with E-state index >= 15 is 0 Å². The van der Waals surface area contributed by atoms with E-state index in [1.807, 2.05) is 73.3 Å². The van der Waals surface area contributed by atoms with Gasteiger partial charge in [-0.25, -0.2) is 4.98 Å². The molecule has 6 nitrogen and oxygen atoms in total. The highest BCUT2D eigenvalue weighted by Gasteiger charge is 2.30. The van der Waals surface area contributed by atoms with Crippen LogP contribution in [-0.2, 0) is 11.3 Å². The van der Waals surface area contributed by atoms with Gasteiger partial charge in [-0.2, -0.15) is 0 Å². The van der Waals surface area contributed by atoms with Gasteiger partial charge in [-0.3, -0.25) is 9.59 Å². The number of hydrogen-bond donors (Lipinski definition) is 1. The van der Waals surface area contributed by atoms with E-state index in [0.717, 1.165) is 24.0 Å². The first-order valence-corrected chi connectivity index (χ1v) is 13.0. The smallest absolute Gasteiger partial charge is 0.253 e. The minimum Gasteiger partial charge on any atom is -0.436 e. The fraction of sp³-hybridized carbons (Fsp3) is 0.300. The number of aryl methyl sites for hydroxylation is 1. The molecule has 0 radical (unpaired) electrons. The van der Waals surface area contributed by atoms with E-state index in [1.165, 1.54) is 5.56 Å². The molecule has 1 unspecified atom stereocenters. The first kappa shape index (κ1) is 25.0. The lowest BCUT2D eigenvalue weighted by atomic mass is 9.84. The van der Waals surface area contributed by atoms with Crippen LogP contribution in [0.2, 0.25) is 5.02 Å². The van der Waals surface area contributed by atoms with Crippen LogP contribution in [0.3, 0.4) is 0 Å². The van der Waals surface area contributed by atoms with Gasteiger partial charge in [0.05, 0.1) is 0 Å². The molecular formula is C30H30ClN3O3. The molecule has 190 valence electrons. The minimum absolute atomic E-state index is 0.0155. The first-order valence-electron chi connectivity index (χ1n) is 12.7. The summed E-state index contributed by atoms with van der Waals surface area (Å²) < 4.78 is 5.91. The second-order valence-electron chi connectivity index (χ2n) is 9.83. The second kappa shape index (κ2) is 10.8. The molecule has 0 aliphatic carbocycles. The van der Waals surface area contributed by atoms with Gasteiger partial charge in [-0.15, -0.1) is 0 Å². The highest BCUT2D eigenvalue weighted by atomic mass is 35.5. The van der Waals surface area contributed by atoms with Crippen LogP contribution < -0.4 is 5.32 Å². The zero-order valence-electron chi connectivity index (χ0n) is 21.0. The van der Waals surface area contributed by atoms with Crippen molar-refractivity contribution in [2.75, 3.05) is 13.1 Å². The molecule has 4 aromatic rings. The standard InChI is InChI=1S/C30H30ClN3O3/c1-19-6-8-23(9-7-19)29-33-26-17-24(10-11-27(26)37-29)30(36)34-14-12-22(13-15-34)20(2)28(35)32-18-21-4-3-5-25(31)16-21/h3-11,16-17,20,22H,12-15,18H2,1-2H3,(H,32,35). The van der Waals surface area contributed by atoms with Gasteiger partial charge < -0.3 is 14.6 Å². The fourth-order valence-electron chi connectivity index (χ4n) is 4.88. The maximum Gasteiger partial charge on any atom is 0.253 e. The molecule has 5 rings (SSSR count). The van der Waals surface area contributed by atoms with E-state index in [-0.39, 0.29) is 23.7 Å². The number of piperidine rings is 1. The highest BCUT2D eigenvalue weighted by molar-refractivity contribution is 6.30. The van der Waals surface area contributed by atoms with Crippen LogP contribution >= 0.6 is 11.6 Å². The van der Waals surface area contributed by atoms with Gasteiger partial charge >= 0.3 is 0 Å². The van der Waals surface area contributed by atoms with Crippen molar-refractivity contribution in [3.63, 3.8) is 0 Å². The molecule has 2 heterocycles. The Morgan fingerprint density at radius 2 is 1.84 bits per heavy atom. The van der Waals surface area contributed by atoms with Gasteiger partial charge in [0.2, 0.25) is 11.8 Å². The number of rotatable bonds is 6. The van der Waals surface area contributed by atoms with Crippen molar-refractivity contribution in [1.82, 2.24) is 15.2 Å². The van der Waals surface area contributed by atoms with Crippen molar-refractivity contribution in [2.45, 2.75) is 33.2 Å². The number of benzene rings is 3. The third-order valence-corrected chi connectivity index (χ3v) is 7.47. The van der Waals surface area contributed by atoms with Crippen molar-refractivity contribution in [3.8, 4) is 11.5 Å². The topological polar surface area (TPSA) is 75.4 Å². The van der Waals surface area contributed by atoms with Crippen LogP contribution in [0.15, 0.2) is 71.1 Å². The summed E-state index contributed by atoms with van der Waals surface area (Å²) >= 11 is 6.03. The maximum atomic E-state index is 13.2. The monoisotopic (exact) mass is 515 g/mol. The van der Waals surface area contributed by atoms with E-state index in [9.17, 15) is 9.59 Å². The molecule has 1 aromatic heterocycles. The number of oxazole rings is 1. The van der Waals surface area contributed by atoms with Crippen LogP contribution in [0.5, 0.6) is 0 Å². The van der Waals surface area contributed by atoms with Gasteiger partial charge in [0, 0.05) is 41.7 Å². The molecule has 0 spiro atoms. The summed E-state index contributed by atoms with van der Waals surface area (Å²) in [5.41, 5.74) is 4.97. The fourth-order valence-corrected chi connectivity index (χ4v) is 5.09. The lowest BCUT2D eigenvalue weighted by molar-refractivity contribution is -0.126. The Hall–Kier alpha value is -3.64. The summed E-state index contributed by atoms with van der Waals surface area (Å²) in [6, 6.07) is 20.9. The van der Waals surface area contributed by atoms with E-state index in [1.54, 1.807) is 12.1 Å². The number of nitrogens with one attached hydrogen (secondary N) is 1. The van der Waals surface area contributed by atoms with Crippen molar-refractivity contribution < 1.29 is 14.0 Å². The van der Waals surface area contributed by atoms with Crippen LogP contribution in [0.1, 0.15) is 41.3 Å². The molecule has 37 heavy (non-hydrogen) atoms. The first-order chi connectivity index (χ1) is 17.9. The van der Waals surface area contributed by atoms with Crippen molar-refractivity contribution in [3.05, 3.63) is 88.4 Å². The normalized spacial score (nSPS) is 15.1. The lowest BCUT2D eigenvalue weighted by Gasteiger charge is -2.34. The quantitative estimate of drug-likeness (QED) is 0.329. The molecule has 0 bridgehead atoms. The zero-order valence-corrected chi connectivity index (χ0v) is 21.8. The van der Waals surface area contributed by atoms with E-state index in [0.29, 0.717) is 47.2 Å². The van der Waals surface area contributed by atoms with Crippen molar-refractivity contribution >= 4 is 34.5 Å². The summed E-state index contributed by atoms with van der Waals surface area (Å²) in [7, 11) is 0. The number of amides is 2. The Balaban J connectivity index is 1.18. The van der Waals surface area contributed by atoms with Crippen LogP contribution in [0, 0.1) is 18.8 Å². The Bertz CT molecular complexity index is 1420. The average molecular weight is 516 g/mol.